The number of hydrogen-bond acceptors (Lipinski definition) is 4. The summed E-state index contributed by atoms with van der Waals surface area (Å²) in [5, 5.41) is 13.6. The molecule has 1 aromatic heterocycles. The van der Waals surface area contributed by atoms with Crippen LogP contribution in [0.15, 0.2) is 17.5 Å². The number of hydrogen-bond donors (Lipinski definition) is 2. The van der Waals surface area contributed by atoms with Crippen LogP contribution in [0.25, 0.3) is 0 Å². The highest BCUT2D eigenvalue weighted by atomic mass is 32.1. The Labute approximate surface area is 126 Å². The summed E-state index contributed by atoms with van der Waals surface area (Å²) in [6.45, 7) is 0.922. The Morgan fingerprint density at radius 1 is 1.43 bits per heavy atom. The van der Waals surface area contributed by atoms with Gasteiger partial charge in [-0.25, -0.2) is 4.79 Å². The van der Waals surface area contributed by atoms with Crippen LogP contribution in [0, 0.1) is 0 Å². The fourth-order valence-corrected chi connectivity index (χ4v) is 3.04. The Morgan fingerprint density at radius 3 is 2.90 bits per heavy atom. The Bertz CT molecular complexity index is 515. The van der Waals surface area contributed by atoms with Gasteiger partial charge in [0.1, 0.15) is 6.04 Å². The summed E-state index contributed by atoms with van der Waals surface area (Å²) in [7, 11) is 0. The molecule has 0 aromatic carbocycles. The molecule has 0 aliphatic carbocycles. The first kappa shape index (κ1) is 15.5. The van der Waals surface area contributed by atoms with Gasteiger partial charge < -0.3 is 15.3 Å². The second kappa shape index (κ2) is 7.21. The molecular formula is C14H18N2O4S. The van der Waals surface area contributed by atoms with Gasteiger partial charge in [0.2, 0.25) is 5.91 Å². The van der Waals surface area contributed by atoms with Crippen LogP contribution in [0.3, 0.4) is 0 Å². The third-order valence-electron chi connectivity index (χ3n) is 3.46. The number of thiophene rings is 1. The van der Waals surface area contributed by atoms with Crippen molar-refractivity contribution in [3.05, 3.63) is 22.4 Å². The van der Waals surface area contributed by atoms with Crippen LogP contribution in [0.4, 0.5) is 0 Å². The molecule has 0 unspecified atom stereocenters. The average Bonchev–Trinajstić information content (AvgIpc) is 3.12. The Kier molecular flexibility index (Phi) is 5.32. The van der Waals surface area contributed by atoms with E-state index in [1.165, 1.54) is 16.2 Å². The van der Waals surface area contributed by atoms with Crippen molar-refractivity contribution < 1.29 is 19.5 Å². The van der Waals surface area contributed by atoms with Crippen LogP contribution in [0.1, 0.15) is 35.4 Å². The van der Waals surface area contributed by atoms with Crippen molar-refractivity contribution in [3.63, 3.8) is 0 Å². The zero-order valence-corrected chi connectivity index (χ0v) is 12.4. The average molecular weight is 310 g/mol. The molecule has 2 rings (SSSR count). The summed E-state index contributed by atoms with van der Waals surface area (Å²) in [5.74, 6) is -1.22. The van der Waals surface area contributed by atoms with Gasteiger partial charge in [0.05, 0.1) is 4.88 Å². The Hall–Kier alpha value is -1.89. The van der Waals surface area contributed by atoms with Gasteiger partial charge in [-0.1, -0.05) is 6.07 Å². The van der Waals surface area contributed by atoms with Crippen LogP contribution in [0.2, 0.25) is 0 Å². The normalized spacial score (nSPS) is 17.7. The zero-order valence-electron chi connectivity index (χ0n) is 11.6. The van der Waals surface area contributed by atoms with Gasteiger partial charge in [-0.3, -0.25) is 9.59 Å². The van der Waals surface area contributed by atoms with Crippen LogP contribution >= 0.6 is 11.3 Å². The van der Waals surface area contributed by atoms with Crippen LogP contribution in [0.5, 0.6) is 0 Å². The third-order valence-corrected chi connectivity index (χ3v) is 4.32. The van der Waals surface area contributed by atoms with E-state index in [1.807, 2.05) is 11.4 Å². The van der Waals surface area contributed by atoms with Crippen LogP contribution in [-0.2, 0) is 9.59 Å². The predicted octanol–water partition coefficient (Wildman–Crippen LogP) is 1.33. The molecule has 1 fully saturated rings. The van der Waals surface area contributed by atoms with E-state index in [2.05, 4.69) is 5.32 Å². The Morgan fingerprint density at radius 2 is 2.24 bits per heavy atom. The summed E-state index contributed by atoms with van der Waals surface area (Å²) < 4.78 is 0. The lowest BCUT2D eigenvalue weighted by atomic mass is 10.2. The number of carbonyl (C=O) groups is 3. The van der Waals surface area contributed by atoms with Crippen molar-refractivity contribution in [2.45, 2.75) is 31.7 Å². The fourth-order valence-electron chi connectivity index (χ4n) is 2.40. The zero-order chi connectivity index (χ0) is 15.2. The quantitative estimate of drug-likeness (QED) is 0.776. The van der Waals surface area contributed by atoms with Crippen molar-refractivity contribution in [2.24, 2.45) is 0 Å². The van der Waals surface area contributed by atoms with Crippen molar-refractivity contribution in [1.82, 2.24) is 10.2 Å². The van der Waals surface area contributed by atoms with Gasteiger partial charge in [-0.2, -0.15) is 0 Å². The molecule has 0 radical (unpaired) electrons. The number of carbonyl (C=O) groups excluding carboxylic acids is 2. The maximum absolute atomic E-state index is 12.0. The fraction of sp³-hybridized carbons (Fsp3) is 0.500. The minimum atomic E-state index is -0.938. The molecule has 2 amide bonds. The molecule has 21 heavy (non-hydrogen) atoms. The van der Waals surface area contributed by atoms with E-state index in [-0.39, 0.29) is 18.2 Å². The number of likely N-dealkylation sites (tertiary alicyclic amines) is 1. The van der Waals surface area contributed by atoms with E-state index in [0.717, 1.165) is 6.42 Å². The molecule has 1 atom stereocenters. The monoisotopic (exact) mass is 310 g/mol. The van der Waals surface area contributed by atoms with E-state index >= 15 is 0 Å². The minimum Gasteiger partial charge on any atom is -0.480 e. The topological polar surface area (TPSA) is 86.7 Å². The molecule has 0 spiro atoms. The molecule has 0 bridgehead atoms. The number of nitrogens with zero attached hydrogens (tertiary/aromatic N) is 1. The number of aliphatic carboxylic acids is 1. The van der Waals surface area contributed by atoms with Crippen LogP contribution in [-0.4, -0.2) is 46.9 Å². The maximum atomic E-state index is 12.0. The van der Waals surface area contributed by atoms with Crippen molar-refractivity contribution in [2.75, 3.05) is 13.1 Å². The first-order chi connectivity index (χ1) is 10.1. The lowest BCUT2D eigenvalue weighted by Gasteiger charge is -2.21. The van der Waals surface area contributed by atoms with Gasteiger partial charge >= 0.3 is 5.97 Å². The SMILES string of the molecule is O=C(NCCCC(=O)N1CCC[C@@H]1C(=O)O)c1cccs1. The van der Waals surface area contributed by atoms with Crippen LogP contribution < -0.4 is 5.32 Å². The van der Waals surface area contributed by atoms with Gasteiger partial charge in [0.25, 0.3) is 5.91 Å². The van der Waals surface area contributed by atoms with E-state index in [0.29, 0.717) is 30.8 Å². The molecule has 0 saturated carbocycles. The summed E-state index contributed by atoms with van der Waals surface area (Å²) >= 11 is 1.37. The number of nitrogens with one attached hydrogen (secondary N) is 1. The summed E-state index contributed by atoms with van der Waals surface area (Å²) in [6.07, 6.45) is 2.03. The summed E-state index contributed by atoms with van der Waals surface area (Å²) in [4.78, 5) is 36.8. The highest BCUT2D eigenvalue weighted by Gasteiger charge is 2.33. The second-order valence-corrected chi connectivity index (χ2v) is 5.87. The number of rotatable bonds is 6. The lowest BCUT2D eigenvalue weighted by Crippen LogP contribution is -2.40. The van der Waals surface area contributed by atoms with Gasteiger partial charge in [-0.05, 0) is 30.7 Å². The molecular weight excluding hydrogens is 292 g/mol. The lowest BCUT2D eigenvalue weighted by molar-refractivity contribution is -0.148. The number of amides is 2. The molecule has 2 heterocycles. The minimum absolute atomic E-state index is 0.137. The highest BCUT2D eigenvalue weighted by Crippen LogP contribution is 2.18. The van der Waals surface area contributed by atoms with Crippen molar-refractivity contribution >= 4 is 29.1 Å². The van der Waals surface area contributed by atoms with E-state index < -0.39 is 12.0 Å². The smallest absolute Gasteiger partial charge is 0.326 e. The molecule has 2 N–H and O–H groups in total. The first-order valence-electron chi connectivity index (χ1n) is 6.93. The molecule has 7 heteroatoms. The standard InChI is InChI=1S/C14H18N2O4S/c17-12(16-8-2-4-10(16)14(19)20)6-1-7-15-13(18)11-5-3-9-21-11/h3,5,9-10H,1-2,4,6-8H2,(H,15,18)(H,19,20)/t10-/m1/s1. The van der Waals surface area contributed by atoms with Gasteiger partial charge in [0.15, 0.2) is 0 Å². The summed E-state index contributed by atoms with van der Waals surface area (Å²) in [6, 6.07) is 2.87. The number of carboxylic acids is 1. The largest absolute Gasteiger partial charge is 0.480 e. The predicted molar refractivity (Wildman–Crippen MR) is 78.3 cm³/mol. The maximum Gasteiger partial charge on any atom is 0.326 e. The number of carboxylic acid groups (broad SMARTS) is 1. The van der Waals surface area contributed by atoms with Crippen molar-refractivity contribution in [1.29, 1.82) is 0 Å². The molecule has 1 aliphatic heterocycles. The second-order valence-electron chi connectivity index (χ2n) is 4.92. The van der Waals surface area contributed by atoms with Gasteiger partial charge in [0, 0.05) is 19.5 Å². The molecule has 1 aromatic rings. The third kappa shape index (κ3) is 4.04. The van der Waals surface area contributed by atoms with Crippen molar-refractivity contribution in [3.8, 4) is 0 Å². The Balaban J connectivity index is 1.70. The van der Waals surface area contributed by atoms with E-state index in [9.17, 15) is 14.4 Å². The molecule has 114 valence electrons. The van der Waals surface area contributed by atoms with E-state index in [4.69, 9.17) is 5.11 Å². The molecule has 6 nitrogen and oxygen atoms in total. The first-order valence-corrected chi connectivity index (χ1v) is 7.81. The molecule has 1 aliphatic rings. The highest BCUT2D eigenvalue weighted by molar-refractivity contribution is 7.12. The summed E-state index contributed by atoms with van der Waals surface area (Å²) in [5.41, 5.74) is 0. The van der Waals surface area contributed by atoms with Gasteiger partial charge in [-0.15, -0.1) is 11.3 Å². The van der Waals surface area contributed by atoms with E-state index in [1.54, 1.807) is 6.07 Å². The molecule has 1 saturated heterocycles.